The zero-order valence-electron chi connectivity index (χ0n) is 11.6. The third kappa shape index (κ3) is 3.31. The Morgan fingerprint density at radius 2 is 2.15 bits per heavy atom. The van der Waals surface area contributed by atoms with Gasteiger partial charge in [0.2, 0.25) is 0 Å². The molecule has 20 heavy (non-hydrogen) atoms. The van der Waals surface area contributed by atoms with Gasteiger partial charge in [-0.1, -0.05) is 0 Å². The number of Topliss-reactive ketones (excluding diaryl/α,β-unsaturated/α-hetero) is 1. The van der Waals surface area contributed by atoms with Crippen molar-refractivity contribution in [3.8, 4) is 0 Å². The molecule has 0 saturated heterocycles. The number of fused-ring (bicyclic) bond motifs is 1. The molecule has 0 atom stereocenters. The molecule has 3 heteroatoms. The molecule has 0 aliphatic carbocycles. The number of hydrogen-bond donors (Lipinski definition) is 0. The predicted octanol–water partition coefficient (Wildman–Crippen LogP) is 4.63. The van der Waals surface area contributed by atoms with Gasteiger partial charge in [-0.15, -0.1) is 0 Å². The number of carbonyl (C=O) groups is 1. The van der Waals surface area contributed by atoms with Gasteiger partial charge in [0.05, 0.1) is 0 Å². The van der Waals surface area contributed by atoms with Crippen molar-refractivity contribution < 1.29 is 24.1 Å². The van der Waals surface area contributed by atoms with Crippen LogP contribution in [0.15, 0.2) is 47.9 Å². The van der Waals surface area contributed by atoms with Crippen LogP contribution >= 0.6 is 11.3 Å². The first-order valence-corrected chi connectivity index (χ1v) is 8.80. The van der Waals surface area contributed by atoms with E-state index < -0.39 is 0 Å². The van der Waals surface area contributed by atoms with Gasteiger partial charge in [0.15, 0.2) is 0 Å². The van der Waals surface area contributed by atoms with Crippen molar-refractivity contribution in [1.29, 1.82) is 0 Å². The minimum atomic E-state index is 0.134. The Labute approximate surface area is 134 Å². The molecule has 0 aliphatic heterocycles. The summed E-state index contributed by atoms with van der Waals surface area (Å²) >= 11 is 2.83. The summed E-state index contributed by atoms with van der Waals surface area (Å²) in [6, 6.07) is 6.24. The molecule has 0 radical (unpaired) electrons. The molecule has 0 bridgehead atoms. The Kier molecular flexibility index (Phi) is 5.01. The number of aryl methyl sites for hydroxylation is 1. The fourth-order valence-electron chi connectivity index (χ4n) is 1.83. The van der Waals surface area contributed by atoms with Gasteiger partial charge in [0.25, 0.3) is 0 Å². The van der Waals surface area contributed by atoms with Crippen LogP contribution in [0.5, 0.6) is 0 Å². The molecule has 1 nitrogen and oxygen atoms in total. The summed E-state index contributed by atoms with van der Waals surface area (Å²) in [4.78, 5) is 12.5. The third-order valence-electron chi connectivity index (χ3n) is 3.12. The van der Waals surface area contributed by atoms with Crippen molar-refractivity contribution in [2.24, 2.45) is 0 Å². The fourth-order valence-corrected chi connectivity index (χ4v) is 3.51. The van der Waals surface area contributed by atoms with Crippen molar-refractivity contribution in [3.63, 3.8) is 0 Å². The number of carbonyl (C=O) groups excluding carboxylic acids is 1. The van der Waals surface area contributed by atoms with E-state index in [1.807, 2.05) is 23.6 Å². The first-order chi connectivity index (χ1) is 9.52. The van der Waals surface area contributed by atoms with Crippen LogP contribution in [0, 0.1) is 6.92 Å². The zero-order valence-corrected chi connectivity index (χ0v) is 15.4. The SMILES string of the molecule is C=C(/C=C\[C](=[W])C(=O)c1csc2cc(C)ccc12)CC. The molecule has 102 valence electrons. The number of rotatable bonds is 5. The molecular weight excluding hydrogens is 436 g/mol. The average Bonchev–Trinajstić information content (AvgIpc) is 2.86. The summed E-state index contributed by atoms with van der Waals surface area (Å²) in [5.74, 6) is 0.134. The van der Waals surface area contributed by atoms with Crippen molar-refractivity contribution >= 4 is 31.1 Å². The van der Waals surface area contributed by atoms with Crippen LogP contribution in [0.2, 0.25) is 0 Å². The molecule has 0 amide bonds. The van der Waals surface area contributed by atoms with Gasteiger partial charge < -0.3 is 0 Å². The van der Waals surface area contributed by atoms with Crippen LogP contribution in [0.4, 0.5) is 0 Å². The molecule has 1 aromatic carbocycles. The van der Waals surface area contributed by atoms with Crippen LogP contribution < -0.4 is 0 Å². The quantitative estimate of drug-likeness (QED) is 0.478. The molecule has 0 spiro atoms. The number of ketones is 1. The monoisotopic (exact) mass is 452 g/mol. The van der Waals surface area contributed by atoms with Crippen LogP contribution in [0.3, 0.4) is 0 Å². The zero-order chi connectivity index (χ0) is 14.7. The minimum absolute atomic E-state index is 0.134. The van der Waals surface area contributed by atoms with Crippen LogP contribution in [0.1, 0.15) is 29.3 Å². The van der Waals surface area contributed by atoms with E-state index in [9.17, 15) is 4.79 Å². The molecule has 0 aliphatic rings. The van der Waals surface area contributed by atoms with Gasteiger partial charge in [-0.3, -0.25) is 0 Å². The Bertz CT molecular complexity index is 722. The van der Waals surface area contributed by atoms with E-state index in [0.29, 0.717) is 0 Å². The van der Waals surface area contributed by atoms with E-state index in [4.69, 9.17) is 0 Å². The second-order valence-electron chi connectivity index (χ2n) is 4.69. The maximum atomic E-state index is 12.5. The topological polar surface area (TPSA) is 17.1 Å². The third-order valence-corrected chi connectivity index (χ3v) is 5.22. The van der Waals surface area contributed by atoms with E-state index in [0.717, 1.165) is 26.8 Å². The molecule has 2 aromatic rings. The molecule has 1 heterocycles. The predicted molar refractivity (Wildman–Crippen MR) is 84.5 cm³/mol. The summed E-state index contributed by atoms with van der Waals surface area (Å²) in [5, 5.41) is 3.03. The second-order valence-corrected chi connectivity index (χ2v) is 7.18. The summed E-state index contributed by atoms with van der Waals surface area (Å²) in [6.07, 6.45) is 4.76. The van der Waals surface area contributed by atoms with Gasteiger partial charge in [-0.05, 0) is 0 Å². The van der Waals surface area contributed by atoms with Crippen molar-refractivity contribution in [2.45, 2.75) is 20.3 Å². The molecule has 0 unspecified atom stereocenters. The number of thiophene rings is 1. The van der Waals surface area contributed by atoms with Gasteiger partial charge >= 0.3 is 135 Å². The van der Waals surface area contributed by atoms with Crippen molar-refractivity contribution in [2.75, 3.05) is 0 Å². The Morgan fingerprint density at radius 1 is 1.40 bits per heavy atom. The van der Waals surface area contributed by atoms with E-state index in [1.165, 1.54) is 29.6 Å². The Morgan fingerprint density at radius 3 is 2.85 bits per heavy atom. The van der Waals surface area contributed by atoms with Crippen LogP contribution in [-0.4, -0.2) is 9.68 Å². The molecule has 0 N–H and O–H groups in total. The first-order valence-electron chi connectivity index (χ1n) is 6.45. The summed E-state index contributed by atoms with van der Waals surface area (Å²) in [5.41, 5.74) is 3.09. The van der Waals surface area contributed by atoms with Gasteiger partial charge in [-0.2, -0.15) is 0 Å². The standard InChI is InChI=1S/C17H16OS.W/c1-4-12(2)6-5-7-16(18)15-11-19-17-10-13(3)8-9-14(15)17;/h5-6,8-11H,2,4H2,1,3H3;/b6-5-;. The van der Waals surface area contributed by atoms with E-state index >= 15 is 0 Å². The van der Waals surface area contributed by atoms with Gasteiger partial charge in [0, 0.05) is 0 Å². The summed E-state index contributed by atoms with van der Waals surface area (Å²) < 4.78 is 2.01. The molecule has 0 saturated carbocycles. The Balaban J connectivity index is 2.30. The summed E-state index contributed by atoms with van der Waals surface area (Å²) in [6.45, 7) is 8.06. The first kappa shape index (κ1) is 15.3. The van der Waals surface area contributed by atoms with Crippen LogP contribution in [-0.2, 0) is 19.4 Å². The summed E-state index contributed by atoms with van der Waals surface area (Å²) in [7, 11) is 0. The molecule has 0 fully saturated rings. The van der Waals surface area contributed by atoms with Crippen molar-refractivity contribution in [3.05, 3.63) is 59.0 Å². The van der Waals surface area contributed by atoms with Gasteiger partial charge in [-0.25, -0.2) is 0 Å². The fraction of sp³-hybridized carbons (Fsp3) is 0.176. The van der Waals surface area contributed by atoms with Crippen LogP contribution in [0.25, 0.3) is 10.1 Å². The van der Waals surface area contributed by atoms with E-state index in [2.05, 4.69) is 32.6 Å². The molecule has 2 rings (SSSR count). The number of allylic oxidation sites excluding steroid dienone is 3. The van der Waals surface area contributed by atoms with Gasteiger partial charge in [0.1, 0.15) is 0 Å². The van der Waals surface area contributed by atoms with E-state index in [1.54, 1.807) is 11.3 Å². The molecule has 1 aromatic heterocycles. The molecular formula is C17H16OSW. The second kappa shape index (κ2) is 6.56. The van der Waals surface area contributed by atoms with E-state index in [-0.39, 0.29) is 5.78 Å². The Hall–Kier alpha value is -1.11. The number of benzene rings is 1. The maximum absolute atomic E-state index is 12.5. The average molecular weight is 452 g/mol. The van der Waals surface area contributed by atoms with Crippen molar-refractivity contribution in [1.82, 2.24) is 0 Å². The number of hydrogen-bond acceptors (Lipinski definition) is 2. The normalized spacial score (nSPS) is 11.1.